The first-order chi connectivity index (χ1) is 5.41. The van der Waals surface area contributed by atoms with Gasteiger partial charge in [-0.15, -0.1) is 0 Å². The topological polar surface area (TPSA) is 17.1 Å². The fourth-order valence-electron chi connectivity index (χ4n) is 0.873. The molecule has 0 amide bonds. The van der Waals surface area contributed by atoms with Crippen LogP contribution in [0.2, 0.25) is 0 Å². The average molecular weight is 172 g/mol. The fourth-order valence-corrected chi connectivity index (χ4v) is 1.05. The molecule has 0 aliphatic rings. The molecular weight excluding hydrogens is 156 g/mol. The second-order valence-electron chi connectivity index (χ2n) is 2.51. The van der Waals surface area contributed by atoms with Gasteiger partial charge in [-0.2, -0.15) is 0 Å². The first-order valence-electron chi connectivity index (χ1n) is 4.18. The van der Waals surface area contributed by atoms with E-state index in [-0.39, 0.29) is 0 Å². The monoisotopic (exact) mass is 172 g/mol. The van der Waals surface area contributed by atoms with Crippen molar-refractivity contribution in [2.75, 3.05) is 0 Å². The predicted octanol–water partition coefficient (Wildman–Crippen LogP) is 2.53. The Morgan fingerprint density at radius 2 is 2.09 bits per heavy atom. The Bertz CT molecular complexity index is 146. The summed E-state index contributed by atoms with van der Waals surface area (Å²) in [6.07, 6.45) is 10.2. The molecular formula is C9H16OS. The van der Waals surface area contributed by atoms with Crippen LogP contribution in [0.3, 0.4) is 0 Å². The molecule has 11 heavy (non-hydrogen) atoms. The molecule has 0 fully saturated rings. The Morgan fingerprint density at radius 1 is 1.27 bits per heavy atom. The van der Waals surface area contributed by atoms with Crippen LogP contribution in [0.25, 0.3) is 0 Å². The van der Waals surface area contributed by atoms with E-state index in [1.807, 2.05) is 6.08 Å². The van der Waals surface area contributed by atoms with Gasteiger partial charge in [-0.1, -0.05) is 38.3 Å². The Morgan fingerprint density at radius 3 is 2.73 bits per heavy atom. The first kappa shape index (κ1) is 10.6. The molecule has 0 unspecified atom stereocenters. The minimum atomic E-state index is 0.508. The molecule has 1 nitrogen and oxygen atoms in total. The van der Waals surface area contributed by atoms with Crippen LogP contribution >= 0.6 is 0 Å². The van der Waals surface area contributed by atoms with E-state index < -0.39 is 0 Å². The summed E-state index contributed by atoms with van der Waals surface area (Å²) < 4.78 is 9.87. The van der Waals surface area contributed by atoms with Gasteiger partial charge in [0.05, 0.1) is 11.3 Å². The summed E-state index contributed by atoms with van der Waals surface area (Å²) in [5.74, 6) is 0. The third-order valence-corrected chi connectivity index (χ3v) is 1.76. The third kappa shape index (κ3) is 9.63. The van der Waals surface area contributed by atoms with Gasteiger partial charge in [0.15, 0.2) is 0 Å². The van der Waals surface area contributed by atoms with Crippen LogP contribution in [0.4, 0.5) is 0 Å². The summed E-state index contributed by atoms with van der Waals surface area (Å²) in [4.78, 5) is 0. The molecule has 0 aromatic heterocycles. The highest BCUT2D eigenvalue weighted by Crippen LogP contribution is 2.02. The molecule has 0 atom stereocenters. The minimum Gasteiger partial charge on any atom is -0.212 e. The lowest BCUT2D eigenvalue weighted by Gasteiger charge is -1.92. The van der Waals surface area contributed by atoms with Crippen molar-refractivity contribution < 1.29 is 4.21 Å². The normalized spacial score (nSPS) is 10.3. The number of unbranched alkanes of at least 4 members (excludes halogenated alkanes) is 4. The first-order valence-corrected chi connectivity index (χ1v) is 4.99. The van der Waals surface area contributed by atoms with Gasteiger partial charge < -0.3 is 0 Å². The van der Waals surface area contributed by atoms with Gasteiger partial charge in [-0.25, -0.2) is 4.21 Å². The van der Waals surface area contributed by atoms with Crippen molar-refractivity contribution in [3.63, 3.8) is 0 Å². The lowest BCUT2D eigenvalue weighted by atomic mass is 10.1. The van der Waals surface area contributed by atoms with E-state index >= 15 is 0 Å². The zero-order valence-electron chi connectivity index (χ0n) is 7.08. The molecule has 0 bridgehead atoms. The Labute approximate surface area is 72.6 Å². The minimum absolute atomic E-state index is 0.508. The molecule has 0 aromatic carbocycles. The van der Waals surface area contributed by atoms with Crippen molar-refractivity contribution in [2.24, 2.45) is 0 Å². The summed E-state index contributed by atoms with van der Waals surface area (Å²) in [5, 5.41) is 1.57. The maximum absolute atomic E-state index is 9.87. The molecule has 0 saturated carbocycles. The quantitative estimate of drug-likeness (QED) is 0.342. The predicted molar refractivity (Wildman–Crippen MR) is 52.1 cm³/mol. The van der Waals surface area contributed by atoms with Gasteiger partial charge in [-0.3, -0.25) is 0 Å². The Kier molecular flexibility index (Phi) is 9.31. The number of hydrogen-bond acceptors (Lipinski definition) is 1. The van der Waals surface area contributed by atoms with Crippen molar-refractivity contribution in [1.29, 1.82) is 0 Å². The smallest absolute Gasteiger partial charge is 0.0885 e. The van der Waals surface area contributed by atoms with Crippen LogP contribution in [0, 0.1) is 0 Å². The van der Waals surface area contributed by atoms with E-state index in [2.05, 4.69) is 13.0 Å². The molecule has 2 heteroatoms. The highest BCUT2D eigenvalue weighted by atomic mass is 32.1. The molecule has 0 rings (SSSR count). The van der Waals surface area contributed by atoms with Gasteiger partial charge >= 0.3 is 0 Å². The van der Waals surface area contributed by atoms with Gasteiger partial charge in [0.25, 0.3) is 0 Å². The van der Waals surface area contributed by atoms with Crippen molar-refractivity contribution in [3.8, 4) is 0 Å². The standard InChI is InChI=1S/C9H16OS/c1-2-3-4-5-6-7-8-9-11-10/h7-9H,2-6H2,1H3. The lowest BCUT2D eigenvalue weighted by molar-refractivity contribution is 0.674. The highest BCUT2D eigenvalue weighted by molar-refractivity contribution is 7.65. The van der Waals surface area contributed by atoms with Crippen LogP contribution in [0.5, 0.6) is 0 Å². The average Bonchev–Trinajstić information content (AvgIpc) is 2.03. The maximum Gasteiger partial charge on any atom is 0.0885 e. The molecule has 0 radical (unpaired) electrons. The summed E-state index contributed by atoms with van der Waals surface area (Å²) in [7, 11) is 0. The molecule has 0 heterocycles. The van der Waals surface area contributed by atoms with Crippen LogP contribution < -0.4 is 0 Å². The van der Waals surface area contributed by atoms with Crippen molar-refractivity contribution >= 4 is 16.6 Å². The van der Waals surface area contributed by atoms with Gasteiger partial charge in [-0.05, 0) is 12.8 Å². The molecule has 0 saturated heterocycles. The lowest BCUT2D eigenvalue weighted by Crippen LogP contribution is -1.73. The highest BCUT2D eigenvalue weighted by Gasteiger charge is 1.82. The Balaban J connectivity index is 3.07. The molecule has 0 aliphatic heterocycles. The Hall–Kier alpha value is -0.370. The third-order valence-electron chi connectivity index (χ3n) is 1.49. The van der Waals surface area contributed by atoms with E-state index in [0.29, 0.717) is 11.3 Å². The largest absolute Gasteiger partial charge is 0.212 e. The molecule has 0 spiro atoms. The molecule has 64 valence electrons. The van der Waals surface area contributed by atoms with Gasteiger partial charge in [0.2, 0.25) is 0 Å². The van der Waals surface area contributed by atoms with Crippen LogP contribution in [0.1, 0.15) is 39.0 Å². The van der Waals surface area contributed by atoms with Gasteiger partial charge in [0.1, 0.15) is 0 Å². The van der Waals surface area contributed by atoms with Crippen molar-refractivity contribution in [2.45, 2.75) is 39.0 Å². The number of hydrogen-bond donors (Lipinski definition) is 0. The zero-order valence-corrected chi connectivity index (χ0v) is 7.90. The van der Waals surface area contributed by atoms with Crippen LogP contribution in [-0.2, 0) is 11.3 Å². The summed E-state index contributed by atoms with van der Waals surface area (Å²) in [6, 6.07) is 0. The molecule has 0 aromatic rings. The number of allylic oxidation sites excluding steroid dienone is 2. The van der Waals surface area contributed by atoms with Crippen molar-refractivity contribution in [1.82, 2.24) is 0 Å². The second-order valence-corrected chi connectivity index (χ2v) is 2.97. The fraction of sp³-hybridized carbons (Fsp3) is 0.667. The molecule has 0 aliphatic carbocycles. The summed E-state index contributed by atoms with van der Waals surface area (Å²) in [6.45, 7) is 2.21. The number of rotatable bonds is 6. The summed E-state index contributed by atoms with van der Waals surface area (Å²) >= 11 is 0.508. The van der Waals surface area contributed by atoms with E-state index in [1.165, 1.54) is 25.7 Å². The van der Waals surface area contributed by atoms with E-state index in [9.17, 15) is 4.21 Å². The summed E-state index contributed by atoms with van der Waals surface area (Å²) in [5.41, 5.74) is 0. The maximum atomic E-state index is 9.87. The second kappa shape index (κ2) is 9.63. The van der Waals surface area contributed by atoms with E-state index in [0.717, 1.165) is 6.42 Å². The van der Waals surface area contributed by atoms with Gasteiger partial charge in [0, 0.05) is 5.37 Å². The van der Waals surface area contributed by atoms with Crippen LogP contribution in [0.15, 0.2) is 12.2 Å². The van der Waals surface area contributed by atoms with E-state index in [4.69, 9.17) is 0 Å². The SMILES string of the molecule is CCCCCCC=CC=S=O. The van der Waals surface area contributed by atoms with E-state index in [1.54, 1.807) is 5.37 Å². The van der Waals surface area contributed by atoms with Crippen LogP contribution in [-0.4, -0.2) is 9.58 Å². The zero-order chi connectivity index (χ0) is 8.36. The molecule has 0 N–H and O–H groups in total. The van der Waals surface area contributed by atoms with Crippen molar-refractivity contribution in [3.05, 3.63) is 12.2 Å².